The second kappa shape index (κ2) is 7.28. The average Bonchev–Trinajstić information content (AvgIpc) is 2.83. The number of aromatic nitrogens is 2. The minimum atomic E-state index is 0.146. The lowest BCUT2D eigenvalue weighted by atomic mass is 9.96. The summed E-state index contributed by atoms with van der Waals surface area (Å²) in [7, 11) is 1.89. The van der Waals surface area contributed by atoms with Crippen LogP contribution in [0.2, 0.25) is 0 Å². The summed E-state index contributed by atoms with van der Waals surface area (Å²) in [6.45, 7) is 3.05. The van der Waals surface area contributed by atoms with Crippen LogP contribution in [0.25, 0.3) is 0 Å². The van der Waals surface area contributed by atoms with Crippen LogP contribution in [0.5, 0.6) is 0 Å². The van der Waals surface area contributed by atoms with Gasteiger partial charge in [-0.1, -0.05) is 0 Å². The molecule has 0 saturated carbocycles. The highest BCUT2D eigenvalue weighted by Gasteiger charge is 2.12. The van der Waals surface area contributed by atoms with Gasteiger partial charge in [0.05, 0.1) is 6.20 Å². The second-order valence-electron chi connectivity index (χ2n) is 5.37. The molecule has 1 saturated heterocycles. The molecule has 2 heterocycles. The lowest BCUT2D eigenvalue weighted by Crippen LogP contribution is -2.33. The van der Waals surface area contributed by atoms with E-state index in [0.717, 1.165) is 44.0 Å². The van der Waals surface area contributed by atoms with Crippen LogP contribution in [0.3, 0.4) is 0 Å². The van der Waals surface area contributed by atoms with E-state index in [1.54, 1.807) is 4.68 Å². The standard InChI is InChI=1S/C14H24N4O/c1-18-11-13(10-17-18)4-5-14(19)16-8-6-12-3-2-7-15-9-12/h10-12,15H,2-9H2,1H3,(H,16,19). The van der Waals surface area contributed by atoms with Crippen molar-refractivity contribution < 1.29 is 4.79 Å². The number of nitrogens with one attached hydrogen (secondary N) is 2. The van der Waals surface area contributed by atoms with Crippen molar-refractivity contribution in [3.8, 4) is 0 Å². The van der Waals surface area contributed by atoms with E-state index in [0.29, 0.717) is 6.42 Å². The van der Waals surface area contributed by atoms with Gasteiger partial charge in [0, 0.05) is 26.2 Å². The molecule has 1 aliphatic rings. The molecular weight excluding hydrogens is 240 g/mol. The number of nitrogens with zero attached hydrogens (tertiary/aromatic N) is 2. The number of aryl methyl sites for hydroxylation is 2. The van der Waals surface area contributed by atoms with Gasteiger partial charge in [-0.25, -0.2) is 0 Å². The van der Waals surface area contributed by atoms with Crippen LogP contribution >= 0.6 is 0 Å². The lowest BCUT2D eigenvalue weighted by molar-refractivity contribution is -0.121. The number of carbonyl (C=O) groups excluding carboxylic acids is 1. The van der Waals surface area contributed by atoms with Crippen LogP contribution in [-0.2, 0) is 18.3 Å². The summed E-state index contributed by atoms with van der Waals surface area (Å²) in [6.07, 6.45) is 8.74. The van der Waals surface area contributed by atoms with Gasteiger partial charge in [0.25, 0.3) is 0 Å². The first-order chi connectivity index (χ1) is 9.24. The first kappa shape index (κ1) is 14.1. The summed E-state index contributed by atoms with van der Waals surface area (Å²) in [5.74, 6) is 0.875. The molecule has 2 rings (SSSR count). The predicted molar refractivity (Wildman–Crippen MR) is 74.7 cm³/mol. The number of rotatable bonds is 6. The highest BCUT2D eigenvalue weighted by Crippen LogP contribution is 2.12. The van der Waals surface area contributed by atoms with E-state index in [9.17, 15) is 4.79 Å². The van der Waals surface area contributed by atoms with Gasteiger partial charge in [0.1, 0.15) is 0 Å². The van der Waals surface area contributed by atoms with Crippen molar-refractivity contribution >= 4 is 5.91 Å². The van der Waals surface area contributed by atoms with Crippen molar-refractivity contribution in [2.45, 2.75) is 32.1 Å². The van der Waals surface area contributed by atoms with Crippen LogP contribution < -0.4 is 10.6 Å². The number of hydrogen-bond donors (Lipinski definition) is 2. The average molecular weight is 264 g/mol. The van der Waals surface area contributed by atoms with E-state index in [-0.39, 0.29) is 5.91 Å². The van der Waals surface area contributed by atoms with Crippen molar-refractivity contribution in [2.24, 2.45) is 13.0 Å². The molecular formula is C14H24N4O. The van der Waals surface area contributed by atoms with E-state index in [1.807, 2.05) is 19.4 Å². The Bertz CT molecular complexity index is 396. The fourth-order valence-corrected chi connectivity index (χ4v) is 2.53. The summed E-state index contributed by atoms with van der Waals surface area (Å²) >= 11 is 0. The Morgan fingerprint density at radius 2 is 2.53 bits per heavy atom. The van der Waals surface area contributed by atoms with E-state index >= 15 is 0 Å². The zero-order valence-electron chi connectivity index (χ0n) is 11.7. The van der Waals surface area contributed by atoms with Gasteiger partial charge in [-0.2, -0.15) is 5.10 Å². The molecule has 1 aromatic heterocycles. The molecule has 0 aliphatic carbocycles. The highest BCUT2D eigenvalue weighted by molar-refractivity contribution is 5.76. The number of amides is 1. The van der Waals surface area contributed by atoms with Crippen molar-refractivity contribution in [3.63, 3.8) is 0 Å². The van der Waals surface area contributed by atoms with Gasteiger partial charge in [-0.05, 0) is 50.3 Å². The normalized spacial score (nSPS) is 19.3. The Hall–Kier alpha value is -1.36. The first-order valence-electron chi connectivity index (χ1n) is 7.19. The first-order valence-corrected chi connectivity index (χ1v) is 7.19. The molecule has 0 spiro atoms. The minimum Gasteiger partial charge on any atom is -0.356 e. The summed E-state index contributed by atoms with van der Waals surface area (Å²) in [5, 5.41) is 10.5. The molecule has 1 aliphatic heterocycles. The van der Waals surface area contributed by atoms with E-state index in [2.05, 4.69) is 15.7 Å². The second-order valence-corrected chi connectivity index (χ2v) is 5.37. The summed E-state index contributed by atoms with van der Waals surface area (Å²) in [6, 6.07) is 0. The maximum atomic E-state index is 11.7. The molecule has 19 heavy (non-hydrogen) atoms. The smallest absolute Gasteiger partial charge is 0.220 e. The SMILES string of the molecule is Cn1cc(CCC(=O)NCCC2CCCNC2)cn1. The van der Waals surface area contributed by atoms with Gasteiger partial charge < -0.3 is 10.6 Å². The minimum absolute atomic E-state index is 0.146. The lowest BCUT2D eigenvalue weighted by Gasteiger charge is -2.22. The topological polar surface area (TPSA) is 59.0 Å². The van der Waals surface area contributed by atoms with E-state index in [1.165, 1.54) is 12.8 Å². The maximum absolute atomic E-state index is 11.7. The summed E-state index contributed by atoms with van der Waals surface area (Å²) < 4.78 is 1.77. The Labute approximate surface area is 114 Å². The third kappa shape index (κ3) is 5.03. The zero-order valence-corrected chi connectivity index (χ0v) is 11.7. The number of hydrogen-bond acceptors (Lipinski definition) is 3. The van der Waals surface area contributed by atoms with Crippen molar-refractivity contribution in [3.05, 3.63) is 18.0 Å². The maximum Gasteiger partial charge on any atom is 0.220 e. The molecule has 2 N–H and O–H groups in total. The molecule has 5 heteroatoms. The summed E-state index contributed by atoms with van der Waals surface area (Å²) in [5.41, 5.74) is 1.12. The molecule has 1 amide bonds. The van der Waals surface area contributed by atoms with Crippen LogP contribution in [0, 0.1) is 5.92 Å². The molecule has 0 bridgehead atoms. The molecule has 1 unspecified atom stereocenters. The van der Waals surface area contributed by atoms with Crippen molar-refractivity contribution in [1.29, 1.82) is 0 Å². The molecule has 1 atom stereocenters. The van der Waals surface area contributed by atoms with Crippen LogP contribution in [0.1, 0.15) is 31.2 Å². The molecule has 0 aromatic carbocycles. The third-order valence-corrected chi connectivity index (χ3v) is 3.67. The van der Waals surface area contributed by atoms with Gasteiger partial charge >= 0.3 is 0 Å². The van der Waals surface area contributed by atoms with Gasteiger partial charge in [-0.3, -0.25) is 9.48 Å². The zero-order chi connectivity index (χ0) is 13.5. The molecule has 1 aromatic rings. The quantitative estimate of drug-likeness (QED) is 0.801. The Kier molecular flexibility index (Phi) is 5.39. The fraction of sp³-hybridized carbons (Fsp3) is 0.714. The van der Waals surface area contributed by atoms with Crippen LogP contribution in [-0.4, -0.2) is 35.3 Å². The van der Waals surface area contributed by atoms with E-state index < -0.39 is 0 Å². The van der Waals surface area contributed by atoms with Crippen molar-refractivity contribution in [1.82, 2.24) is 20.4 Å². The highest BCUT2D eigenvalue weighted by atomic mass is 16.1. The van der Waals surface area contributed by atoms with Gasteiger partial charge in [0.2, 0.25) is 5.91 Å². The Balaban J connectivity index is 1.56. The summed E-state index contributed by atoms with van der Waals surface area (Å²) in [4.78, 5) is 11.7. The van der Waals surface area contributed by atoms with Crippen LogP contribution in [0.4, 0.5) is 0 Å². The number of piperidine rings is 1. The Morgan fingerprint density at radius 3 is 3.21 bits per heavy atom. The largest absolute Gasteiger partial charge is 0.356 e. The monoisotopic (exact) mass is 264 g/mol. The molecule has 106 valence electrons. The Morgan fingerprint density at radius 1 is 1.63 bits per heavy atom. The van der Waals surface area contributed by atoms with Gasteiger partial charge in [-0.15, -0.1) is 0 Å². The molecule has 0 radical (unpaired) electrons. The van der Waals surface area contributed by atoms with E-state index in [4.69, 9.17) is 0 Å². The van der Waals surface area contributed by atoms with Crippen molar-refractivity contribution in [2.75, 3.05) is 19.6 Å². The van der Waals surface area contributed by atoms with Gasteiger partial charge in [0.15, 0.2) is 0 Å². The fourth-order valence-electron chi connectivity index (χ4n) is 2.53. The molecule has 1 fully saturated rings. The third-order valence-electron chi connectivity index (χ3n) is 3.67. The predicted octanol–water partition coefficient (Wildman–Crippen LogP) is 0.859. The number of carbonyl (C=O) groups is 1. The molecule has 5 nitrogen and oxygen atoms in total. The van der Waals surface area contributed by atoms with Crippen LogP contribution in [0.15, 0.2) is 12.4 Å².